The van der Waals surface area contributed by atoms with Gasteiger partial charge in [0.1, 0.15) is 16.4 Å². The zero-order chi connectivity index (χ0) is 39.0. The molecule has 1 amide bonds. The van der Waals surface area contributed by atoms with Gasteiger partial charge in [-0.3, -0.25) is 4.79 Å². The van der Waals surface area contributed by atoms with Crippen LogP contribution in [-0.4, -0.2) is 84.7 Å². The van der Waals surface area contributed by atoms with Crippen molar-refractivity contribution in [3.05, 3.63) is 102 Å². The summed E-state index contributed by atoms with van der Waals surface area (Å²) in [6.07, 6.45) is 1.40. The summed E-state index contributed by atoms with van der Waals surface area (Å²) in [4.78, 5) is 26.0. The van der Waals surface area contributed by atoms with Crippen molar-refractivity contribution in [1.29, 1.82) is 0 Å². The number of methoxy groups -OCH3 is 1. The Bertz CT molecular complexity index is 2290. The largest absolute Gasteiger partial charge is 0.495 e. The topological polar surface area (TPSA) is 159 Å². The molecule has 1 aliphatic rings. The first-order valence-electron chi connectivity index (χ1n) is 17.5. The molecule has 0 aliphatic carbocycles. The fourth-order valence-corrected chi connectivity index (χ4v) is 8.02. The summed E-state index contributed by atoms with van der Waals surface area (Å²) in [5, 5.41) is 2.86. The second kappa shape index (κ2) is 17.3. The zero-order valence-electron chi connectivity index (χ0n) is 31.3. The third-order valence-electron chi connectivity index (χ3n) is 8.68. The van der Waals surface area contributed by atoms with Gasteiger partial charge in [-0.25, -0.2) is 35.8 Å². The molecule has 4 aromatic carbocycles. The standard InChI is InChI=1S/C39H46N6O7S2/c1-7-44(23-21-40-53(6,47)48)30-18-19-31(28(3)26-30)41-37(39(46)43-32-13-8-10-15-35(32)51-5)38-42-33-14-9-11-16-36(33)54(49,50)45(38)22-12-24-52-34-20-17-27(2)25-29(34)4/h8-11,13-20,25-26,40H,7,12,21-24H2,1-6H3,(H,43,46). The molecule has 0 aromatic heterocycles. The third kappa shape index (κ3) is 9.64. The number of aliphatic imine (C=N–C) groups is 2. The van der Waals surface area contributed by atoms with E-state index in [0.29, 0.717) is 41.5 Å². The normalized spacial score (nSPS) is 13.9. The number of aryl methyl sites for hydroxylation is 3. The Hall–Kier alpha value is -5.25. The molecule has 0 atom stereocenters. The predicted octanol–water partition coefficient (Wildman–Crippen LogP) is 5.91. The first kappa shape index (κ1) is 39.9. The number of carbonyl (C=O) groups is 1. The Morgan fingerprint density at radius 2 is 1.69 bits per heavy atom. The smallest absolute Gasteiger partial charge is 0.278 e. The van der Waals surface area contributed by atoms with Crippen molar-refractivity contribution < 1.29 is 31.1 Å². The van der Waals surface area contributed by atoms with E-state index >= 15 is 0 Å². The number of ether oxygens (including phenoxy) is 2. The van der Waals surface area contributed by atoms with E-state index in [1.54, 1.807) is 48.5 Å². The second-order valence-electron chi connectivity index (χ2n) is 12.8. The van der Waals surface area contributed by atoms with Crippen LogP contribution in [0, 0.1) is 20.8 Å². The van der Waals surface area contributed by atoms with Crippen LogP contribution < -0.4 is 24.4 Å². The number of likely N-dealkylation sites (N-methyl/N-ethyl adjacent to an activating group) is 1. The summed E-state index contributed by atoms with van der Waals surface area (Å²) >= 11 is 0. The molecule has 1 aliphatic heterocycles. The molecule has 15 heteroatoms. The van der Waals surface area contributed by atoms with E-state index < -0.39 is 26.0 Å². The van der Waals surface area contributed by atoms with E-state index in [0.717, 1.165) is 27.4 Å². The molecule has 0 unspecified atom stereocenters. The SMILES string of the molecule is CCN(CCNS(C)(=O)=O)c1ccc(N=C(C(=O)Nc2ccccc2OC)C2=Nc3ccccc3S(=O)(=O)N2CCCOc2ccc(C)cc2C)c(C)c1. The van der Waals surface area contributed by atoms with Crippen LogP contribution in [0.5, 0.6) is 11.5 Å². The minimum atomic E-state index is -4.19. The number of para-hydroxylation sites is 3. The lowest BCUT2D eigenvalue weighted by molar-refractivity contribution is -0.110. The van der Waals surface area contributed by atoms with Crippen LogP contribution in [0.15, 0.2) is 99.8 Å². The van der Waals surface area contributed by atoms with Crippen molar-refractivity contribution in [3.63, 3.8) is 0 Å². The van der Waals surface area contributed by atoms with Gasteiger partial charge in [0.15, 0.2) is 11.5 Å². The van der Waals surface area contributed by atoms with Crippen LogP contribution in [0.4, 0.5) is 22.7 Å². The lowest BCUT2D eigenvalue weighted by atomic mass is 10.1. The van der Waals surface area contributed by atoms with E-state index in [1.165, 1.54) is 13.2 Å². The van der Waals surface area contributed by atoms with Gasteiger partial charge in [0.2, 0.25) is 10.0 Å². The number of sulfonamides is 2. The highest BCUT2D eigenvalue weighted by Crippen LogP contribution is 2.34. The number of hydrogen-bond donors (Lipinski definition) is 2. The number of nitrogens with one attached hydrogen (secondary N) is 2. The molecule has 0 saturated heterocycles. The average molecular weight is 775 g/mol. The van der Waals surface area contributed by atoms with E-state index in [4.69, 9.17) is 19.5 Å². The van der Waals surface area contributed by atoms with Gasteiger partial charge in [-0.2, -0.15) is 0 Å². The van der Waals surface area contributed by atoms with Crippen LogP contribution >= 0.6 is 0 Å². The first-order chi connectivity index (χ1) is 25.7. The summed E-state index contributed by atoms with van der Waals surface area (Å²) in [7, 11) is -6.05. The number of hydrogen-bond acceptors (Lipinski definition) is 10. The second-order valence-corrected chi connectivity index (χ2v) is 16.4. The van der Waals surface area contributed by atoms with Gasteiger partial charge in [0.25, 0.3) is 15.9 Å². The Morgan fingerprint density at radius 1 is 0.944 bits per heavy atom. The number of anilines is 2. The van der Waals surface area contributed by atoms with E-state index in [1.807, 2.05) is 62.9 Å². The number of nitrogens with zero attached hydrogens (tertiary/aromatic N) is 4. The van der Waals surface area contributed by atoms with Gasteiger partial charge in [0.05, 0.1) is 37.0 Å². The minimum Gasteiger partial charge on any atom is -0.495 e. The highest BCUT2D eigenvalue weighted by atomic mass is 32.2. The monoisotopic (exact) mass is 774 g/mol. The van der Waals surface area contributed by atoms with Crippen molar-refractivity contribution in [2.75, 3.05) is 56.4 Å². The maximum absolute atomic E-state index is 14.4. The number of amides is 1. The molecular weight excluding hydrogens is 729 g/mol. The summed E-state index contributed by atoms with van der Waals surface area (Å²) in [6, 6.07) is 24.6. The summed E-state index contributed by atoms with van der Waals surface area (Å²) in [5.41, 5.74) is 4.31. The summed E-state index contributed by atoms with van der Waals surface area (Å²) in [6.45, 7) is 9.15. The Kier molecular flexibility index (Phi) is 12.8. The lowest BCUT2D eigenvalue weighted by Gasteiger charge is -2.30. The Labute approximate surface area is 317 Å². The van der Waals surface area contributed by atoms with E-state index in [-0.39, 0.29) is 48.2 Å². The fraction of sp³-hybridized carbons (Fsp3) is 0.308. The van der Waals surface area contributed by atoms with E-state index in [9.17, 15) is 21.6 Å². The quantitative estimate of drug-likeness (QED) is 0.105. The Balaban J connectivity index is 1.56. The number of benzene rings is 4. The lowest BCUT2D eigenvalue weighted by Crippen LogP contribution is -2.47. The van der Waals surface area contributed by atoms with Crippen LogP contribution in [0.1, 0.15) is 30.0 Å². The highest BCUT2D eigenvalue weighted by Gasteiger charge is 2.38. The number of fused-ring (bicyclic) bond motifs is 1. The number of rotatable bonds is 16. The molecule has 13 nitrogen and oxygen atoms in total. The third-order valence-corrected chi connectivity index (χ3v) is 11.2. The minimum absolute atomic E-state index is 0.0130. The molecule has 4 aromatic rings. The van der Waals surface area contributed by atoms with Crippen LogP contribution in [0.25, 0.3) is 0 Å². The molecule has 286 valence electrons. The number of carbonyl (C=O) groups excluding carboxylic acids is 1. The van der Waals surface area contributed by atoms with Crippen LogP contribution in [-0.2, 0) is 24.8 Å². The molecule has 54 heavy (non-hydrogen) atoms. The molecule has 2 N–H and O–H groups in total. The Morgan fingerprint density at radius 3 is 2.39 bits per heavy atom. The zero-order valence-corrected chi connectivity index (χ0v) is 32.9. The van der Waals surface area contributed by atoms with Crippen molar-refractivity contribution in [1.82, 2.24) is 9.03 Å². The molecule has 0 spiro atoms. The average Bonchev–Trinajstić information content (AvgIpc) is 3.12. The highest BCUT2D eigenvalue weighted by molar-refractivity contribution is 7.90. The van der Waals surface area contributed by atoms with E-state index in [2.05, 4.69) is 10.0 Å². The van der Waals surface area contributed by atoms with Gasteiger partial charge in [-0.05, 0) is 87.4 Å². The predicted molar refractivity (Wildman–Crippen MR) is 214 cm³/mol. The van der Waals surface area contributed by atoms with Gasteiger partial charge in [-0.15, -0.1) is 0 Å². The van der Waals surface area contributed by atoms with Gasteiger partial charge >= 0.3 is 0 Å². The molecular formula is C39H46N6O7S2. The van der Waals surface area contributed by atoms with Crippen molar-refractivity contribution >= 4 is 60.3 Å². The molecule has 0 saturated carbocycles. The van der Waals surface area contributed by atoms with Gasteiger partial charge in [-0.1, -0.05) is 42.0 Å². The first-order valence-corrected chi connectivity index (χ1v) is 20.8. The molecule has 0 radical (unpaired) electrons. The maximum Gasteiger partial charge on any atom is 0.278 e. The van der Waals surface area contributed by atoms with Gasteiger partial charge in [0, 0.05) is 38.3 Å². The molecule has 0 bridgehead atoms. The van der Waals surface area contributed by atoms with Crippen molar-refractivity contribution in [3.8, 4) is 11.5 Å². The fourth-order valence-electron chi connectivity index (χ4n) is 5.97. The van der Waals surface area contributed by atoms with Crippen molar-refractivity contribution in [2.45, 2.75) is 39.0 Å². The van der Waals surface area contributed by atoms with Crippen LogP contribution in [0.3, 0.4) is 0 Å². The van der Waals surface area contributed by atoms with Gasteiger partial charge < -0.3 is 19.7 Å². The maximum atomic E-state index is 14.4. The molecule has 1 heterocycles. The molecule has 0 fully saturated rings. The summed E-state index contributed by atoms with van der Waals surface area (Å²) < 4.78 is 67.0. The van der Waals surface area contributed by atoms with Crippen LogP contribution in [0.2, 0.25) is 0 Å². The summed E-state index contributed by atoms with van der Waals surface area (Å²) in [5.74, 6) is 0.264. The number of amidine groups is 1. The molecule has 5 rings (SSSR count). The van der Waals surface area contributed by atoms with Crippen molar-refractivity contribution in [2.24, 2.45) is 9.98 Å².